The summed E-state index contributed by atoms with van der Waals surface area (Å²) in [7, 11) is 0. The van der Waals surface area contributed by atoms with Gasteiger partial charge in [0.05, 0.1) is 6.42 Å². The lowest BCUT2D eigenvalue weighted by atomic mass is 10.1. The number of aliphatic hydroxyl groups excluding tert-OH is 1. The second-order valence-electron chi connectivity index (χ2n) is 5.39. The third kappa shape index (κ3) is 5.55. The van der Waals surface area contributed by atoms with Crippen molar-refractivity contribution in [2.45, 2.75) is 38.1 Å². The Morgan fingerprint density at radius 2 is 1.95 bits per heavy atom. The number of halogens is 3. The van der Waals surface area contributed by atoms with E-state index in [1.165, 1.54) is 24.3 Å². The molecule has 0 aromatic heterocycles. The highest BCUT2D eigenvalue weighted by atomic mass is 19.4. The average molecular weight is 317 g/mol. The summed E-state index contributed by atoms with van der Waals surface area (Å²) in [6.07, 6.45) is -2.01. The molecule has 1 unspecified atom stereocenters. The van der Waals surface area contributed by atoms with E-state index >= 15 is 0 Å². The minimum Gasteiger partial charge on any atom is -0.406 e. The average Bonchev–Trinajstić information content (AvgIpc) is 3.23. The number of aliphatic hydroxyl groups is 1. The molecule has 122 valence electrons. The largest absolute Gasteiger partial charge is 0.573 e. The molecule has 7 heteroatoms. The van der Waals surface area contributed by atoms with E-state index in [2.05, 4.69) is 10.1 Å². The summed E-state index contributed by atoms with van der Waals surface area (Å²) in [5.74, 6) is -0.0821. The summed E-state index contributed by atoms with van der Waals surface area (Å²) in [5.41, 5.74) is 0.602. The number of nitrogens with one attached hydrogen (secondary N) is 1. The summed E-state index contributed by atoms with van der Waals surface area (Å²) in [4.78, 5) is 11.9. The molecular formula is C15H18F3NO3. The van der Waals surface area contributed by atoms with Crippen LogP contribution in [0.3, 0.4) is 0 Å². The number of carbonyl (C=O) groups excluding carboxylic acids is 1. The molecule has 0 bridgehead atoms. The summed E-state index contributed by atoms with van der Waals surface area (Å²) >= 11 is 0. The standard InChI is InChI=1S/C15H18F3NO3/c16-15(17,18)22-12-5-1-10(2-6-12)9-14(21)19-13(7-8-20)11-3-4-11/h1-2,5-6,11,13,20H,3-4,7-9H2,(H,19,21). The van der Waals surface area contributed by atoms with Gasteiger partial charge in [0.15, 0.2) is 0 Å². The molecular weight excluding hydrogens is 299 g/mol. The van der Waals surface area contributed by atoms with Crippen molar-refractivity contribution in [1.29, 1.82) is 0 Å². The van der Waals surface area contributed by atoms with Crippen LogP contribution in [0.25, 0.3) is 0 Å². The Morgan fingerprint density at radius 1 is 1.32 bits per heavy atom. The number of rotatable bonds is 7. The maximum absolute atomic E-state index is 12.0. The maximum atomic E-state index is 12.0. The number of hydrogen-bond donors (Lipinski definition) is 2. The van der Waals surface area contributed by atoms with Gasteiger partial charge in [-0.3, -0.25) is 4.79 Å². The van der Waals surface area contributed by atoms with Crippen LogP contribution < -0.4 is 10.1 Å². The maximum Gasteiger partial charge on any atom is 0.573 e. The summed E-state index contributed by atoms with van der Waals surface area (Å²) < 4.78 is 39.9. The fraction of sp³-hybridized carbons (Fsp3) is 0.533. The van der Waals surface area contributed by atoms with Crippen LogP contribution in [0.5, 0.6) is 5.75 Å². The van der Waals surface area contributed by atoms with Gasteiger partial charge in [0.2, 0.25) is 5.91 Å². The molecule has 1 aromatic rings. The van der Waals surface area contributed by atoms with E-state index < -0.39 is 6.36 Å². The van der Waals surface area contributed by atoms with Crippen molar-refractivity contribution < 1.29 is 27.8 Å². The number of ether oxygens (including phenoxy) is 1. The first kappa shape index (κ1) is 16.6. The Labute approximate surface area is 126 Å². The van der Waals surface area contributed by atoms with E-state index in [1.54, 1.807) is 0 Å². The third-order valence-corrected chi connectivity index (χ3v) is 3.50. The molecule has 22 heavy (non-hydrogen) atoms. The Balaban J connectivity index is 1.85. The van der Waals surface area contributed by atoms with Gasteiger partial charge in [-0.2, -0.15) is 0 Å². The molecule has 2 rings (SSSR count). The smallest absolute Gasteiger partial charge is 0.406 e. The highest BCUT2D eigenvalue weighted by molar-refractivity contribution is 5.79. The van der Waals surface area contributed by atoms with Crippen molar-refractivity contribution in [2.75, 3.05) is 6.61 Å². The fourth-order valence-electron chi connectivity index (χ4n) is 2.32. The molecule has 0 saturated heterocycles. The van der Waals surface area contributed by atoms with Crippen LogP contribution in [0.2, 0.25) is 0 Å². The Morgan fingerprint density at radius 3 is 2.45 bits per heavy atom. The number of hydrogen-bond acceptors (Lipinski definition) is 3. The highest BCUT2D eigenvalue weighted by Gasteiger charge is 2.32. The van der Waals surface area contributed by atoms with Gasteiger partial charge in [0, 0.05) is 12.6 Å². The summed E-state index contributed by atoms with van der Waals surface area (Å²) in [5, 5.41) is 11.9. The monoisotopic (exact) mass is 317 g/mol. The van der Waals surface area contributed by atoms with Crippen LogP contribution in [0.4, 0.5) is 13.2 Å². The molecule has 0 heterocycles. The van der Waals surface area contributed by atoms with Crippen molar-refractivity contribution >= 4 is 5.91 Å². The number of amides is 1. The van der Waals surface area contributed by atoms with Gasteiger partial charge >= 0.3 is 6.36 Å². The van der Waals surface area contributed by atoms with Crippen molar-refractivity contribution in [3.05, 3.63) is 29.8 Å². The molecule has 1 aromatic carbocycles. The summed E-state index contributed by atoms with van der Waals surface area (Å²) in [6, 6.07) is 5.20. The fourth-order valence-corrected chi connectivity index (χ4v) is 2.32. The van der Waals surface area contributed by atoms with E-state index in [0.29, 0.717) is 17.9 Å². The zero-order valence-corrected chi connectivity index (χ0v) is 11.9. The van der Waals surface area contributed by atoms with Crippen LogP contribution in [0, 0.1) is 5.92 Å². The minimum atomic E-state index is -4.72. The topological polar surface area (TPSA) is 58.6 Å². The molecule has 2 N–H and O–H groups in total. The van der Waals surface area contributed by atoms with Gasteiger partial charge in [0.1, 0.15) is 5.75 Å². The van der Waals surface area contributed by atoms with E-state index in [4.69, 9.17) is 5.11 Å². The summed E-state index contributed by atoms with van der Waals surface area (Å²) in [6.45, 7) is 0.0188. The molecule has 0 spiro atoms. The second-order valence-corrected chi connectivity index (χ2v) is 5.39. The van der Waals surface area contributed by atoms with Gasteiger partial charge in [-0.05, 0) is 42.9 Å². The van der Waals surface area contributed by atoms with Crippen LogP contribution in [-0.4, -0.2) is 30.0 Å². The van der Waals surface area contributed by atoms with Crippen LogP contribution >= 0.6 is 0 Å². The van der Waals surface area contributed by atoms with Crippen LogP contribution in [0.15, 0.2) is 24.3 Å². The molecule has 0 aliphatic heterocycles. The number of carbonyl (C=O) groups is 1. The molecule has 1 amide bonds. The van der Waals surface area contributed by atoms with E-state index in [1.807, 2.05) is 0 Å². The first-order valence-corrected chi connectivity index (χ1v) is 7.12. The normalized spacial score (nSPS) is 16.2. The second kappa shape index (κ2) is 7.00. The lowest BCUT2D eigenvalue weighted by Crippen LogP contribution is -2.38. The first-order chi connectivity index (χ1) is 10.4. The molecule has 1 aliphatic carbocycles. The van der Waals surface area contributed by atoms with Gasteiger partial charge in [0.25, 0.3) is 0 Å². The predicted octanol–water partition coefficient (Wildman–Crippen LogP) is 2.40. The molecule has 1 fully saturated rings. The van der Waals surface area contributed by atoms with Crippen molar-refractivity contribution in [2.24, 2.45) is 5.92 Å². The number of benzene rings is 1. The molecule has 1 saturated carbocycles. The number of alkyl halides is 3. The Bertz CT molecular complexity index is 498. The van der Waals surface area contributed by atoms with E-state index in [-0.39, 0.29) is 30.7 Å². The van der Waals surface area contributed by atoms with Gasteiger partial charge in [-0.15, -0.1) is 13.2 Å². The van der Waals surface area contributed by atoms with Crippen LogP contribution in [0.1, 0.15) is 24.8 Å². The Hall–Kier alpha value is -1.76. The van der Waals surface area contributed by atoms with Crippen LogP contribution in [-0.2, 0) is 11.2 Å². The van der Waals surface area contributed by atoms with Gasteiger partial charge < -0.3 is 15.2 Å². The molecule has 1 aliphatic rings. The van der Waals surface area contributed by atoms with Gasteiger partial charge in [-0.25, -0.2) is 0 Å². The van der Waals surface area contributed by atoms with Crippen molar-refractivity contribution in [3.63, 3.8) is 0 Å². The quantitative estimate of drug-likeness (QED) is 0.812. The minimum absolute atomic E-state index is 0.0188. The van der Waals surface area contributed by atoms with Crippen molar-refractivity contribution in [1.82, 2.24) is 5.32 Å². The lowest BCUT2D eigenvalue weighted by Gasteiger charge is -2.17. The first-order valence-electron chi connectivity index (χ1n) is 7.12. The lowest BCUT2D eigenvalue weighted by molar-refractivity contribution is -0.274. The SMILES string of the molecule is O=C(Cc1ccc(OC(F)(F)F)cc1)NC(CCO)C1CC1. The Kier molecular flexibility index (Phi) is 5.28. The van der Waals surface area contributed by atoms with Crippen molar-refractivity contribution in [3.8, 4) is 5.75 Å². The zero-order chi connectivity index (χ0) is 16.2. The highest BCUT2D eigenvalue weighted by Crippen LogP contribution is 2.34. The van der Waals surface area contributed by atoms with E-state index in [0.717, 1.165) is 12.8 Å². The van der Waals surface area contributed by atoms with Gasteiger partial charge in [-0.1, -0.05) is 12.1 Å². The molecule has 4 nitrogen and oxygen atoms in total. The van der Waals surface area contributed by atoms with E-state index in [9.17, 15) is 18.0 Å². The molecule has 0 radical (unpaired) electrons. The third-order valence-electron chi connectivity index (χ3n) is 3.50. The zero-order valence-electron chi connectivity index (χ0n) is 11.9. The molecule has 1 atom stereocenters. The predicted molar refractivity (Wildman–Crippen MR) is 73.2 cm³/mol.